The molecule has 1 N–H and O–H groups in total. The topological polar surface area (TPSA) is 30.5 Å². The highest BCUT2D eigenvalue weighted by atomic mass is 16.5. The molecule has 19 heavy (non-hydrogen) atoms. The molecule has 2 heterocycles. The van der Waals surface area contributed by atoms with Crippen molar-refractivity contribution in [2.45, 2.75) is 37.6 Å². The van der Waals surface area contributed by atoms with Crippen molar-refractivity contribution in [3.8, 4) is 11.5 Å². The average molecular weight is 259 g/mol. The van der Waals surface area contributed by atoms with Gasteiger partial charge in [0.1, 0.15) is 0 Å². The third-order valence-electron chi connectivity index (χ3n) is 4.73. The number of nitrogens with one attached hydrogen (secondary N) is 1. The third kappa shape index (κ3) is 1.91. The van der Waals surface area contributed by atoms with E-state index in [1.54, 1.807) is 0 Å². The van der Waals surface area contributed by atoms with Crippen molar-refractivity contribution in [3.63, 3.8) is 0 Å². The molecule has 1 aromatic rings. The fraction of sp³-hybridized carbons (Fsp3) is 0.625. The van der Waals surface area contributed by atoms with Gasteiger partial charge in [-0.05, 0) is 55.8 Å². The van der Waals surface area contributed by atoms with Gasteiger partial charge in [-0.15, -0.1) is 0 Å². The van der Waals surface area contributed by atoms with Gasteiger partial charge in [0.05, 0.1) is 13.2 Å². The summed E-state index contributed by atoms with van der Waals surface area (Å²) < 4.78 is 11.6. The van der Waals surface area contributed by atoms with Gasteiger partial charge in [0.25, 0.3) is 0 Å². The molecule has 0 amide bonds. The first-order valence-corrected chi connectivity index (χ1v) is 7.54. The van der Waals surface area contributed by atoms with E-state index in [1.807, 2.05) is 0 Å². The second-order valence-electron chi connectivity index (χ2n) is 5.99. The van der Waals surface area contributed by atoms with Gasteiger partial charge < -0.3 is 14.8 Å². The molecule has 1 atom stereocenters. The zero-order valence-electron chi connectivity index (χ0n) is 11.3. The van der Waals surface area contributed by atoms with Crippen molar-refractivity contribution in [2.24, 2.45) is 5.92 Å². The number of ether oxygens (including phenoxy) is 2. The van der Waals surface area contributed by atoms with Crippen LogP contribution < -0.4 is 14.8 Å². The molecule has 2 fully saturated rings. The summed E-state index contributed by atoms with van der Waals surface area (Å²) in [5.74, 6) is 2.66. The Bertz CT molecular complexity index is 476. The van der Waals surface area contributed by atoms with E-state index in [0.717, 1.165) is 43.6 Å². The Balaban J connectivity index is 1.72. The summed E-state index contributed by atoms with van der Waals surface area (Å²) in [5, 5.41) is 3.77. The highest BCUT2D eigenvalue weighted by Gasteiger charge is 2.48. The quantitative estimate of drug-likeness (QED) is 0.886. The summed E-state index contributed by atoms with van der Waals surface area (Å²) in [4.78, 5) is 0. The molecule has 1 saturated heterocycles. The van der Waals surface area contributed by atoms with E-state index in [1.165, 1.54) is 31.2 Å². The van der Waals surface area contributed by atoms with Crippen LogP contribution in [0.3, 0.4) is 0 Å². The molecular weight excluding hydrogens is 238 g/mol. The largest absolute Gasteiger partial charge is 0.490 e. The maximum atomic E-state index is 5.84. The summed E-state index contributed by atoms with van der Waals surface area (Å²) in [6.45, 7) is 2.67. The maximum absolute atomic E-state index is 5.84. The Kier molecular flexibility index (Phi) is 2.69. The zero-order valence-corrected chi connectivity index (χ0v) is 11.3. The van der Waals surface area contributed by atoms with Crippen LogP contribution >= 0.6 is 0 Å². The number of rotatable bonds is 2. The molecule has 1 saturated carbocycles. The SMILES string of the molecule is c1cc2c(cc1C1(C3CC3)CCCN1)OCCCO2. The van der Waals surface area contributed by atoms with Crippen LogP contribution in [0.25, 0.3) is 0 Å². The molecule has 3 aliphatic rings. The highest BCUT2D eigenvalue weighted by Crippen LogP contribution is 2.51. The number of benzene rings is 1. The van der Waals surface area contributed by atoms with Crippen LogP contribution in [0.15, 0.2) is 18.2 Å². The monoisotopic (exact) mass is 259 g/mol. The van der Waals surface area contributed by atoms with E-state index in [0.29, 0.717) is 0 Å². The lowest BCUT2D eigenvalue weighted by Gasteiger charge is -2.31. The Morgan fingerprint density at radius 3 is 2.63 bits per heavy atom. The van der Waals surface area contributed by atoms with Gasteiger partial charge in [-0.2, -0.15) is 0 Å². The summed E-state index contributed by atoms with van der Waals surface area (Å²) in [5.41, 5.74) is 1.61. The molecule has 102 valence electrons. The molecule has 0 aromatic heterocycles. The number of hydrogen-bond acceptors (Lipinski definition) is 3. The first-order chi connectivity index (χ1) is 9.38. The molecule has 0 spiro atoms. The van der Waals surface area contributed by atoms with Gasteiger partial charge >= 0.3 is 0 Å². The van der Waals surface area contributed by atoms with Crippen LogP contribution in [-0.2, 0) is 5.54 Å². The van der Waals surface area contributed by atoms with Gasteiger partial charge in [0.2, 0.25) is 0 Å². The highest BCUT2D eigenvalue weighted by molar-refractivity contribution is 5.46. The van der Waals surface area contributed by atoms with Gasteiger partial charge in [-0.3, -0.25) is 0 Å². The van der Waals surface area contributed by atoms with Gasteiger partial charge in [0, 0.05) is 12.0 Å². The van der Waals surface area contributed by atoms with Crippen LogP contribution in [0.4, 0.5) is 0 Å². The molecule has 2 aliphatic heterocycles. The summed E-state index contributed by atoms with van der Waals surface area (Å²) in [6, 6.07) is 6.56. The lowest BCUT2D eigenvalue weighted by Crippen LogP contribution is -2.38. The van der Waals surface area contributed by atoms with Crippen molar-refractivity contribution in [3.05, 3.63) is 23.8 Å². The molecule has 1 unspecified atom stereocenters. The van der Waals surface area contributed by atoms with Crippen molar-refractivity contribution >= 4 is 0 Å². The smallest absolute Gasteiger partial charge is 0.161 e. The van der Waals surface area contributed by atoms with Crippen LogP contribution in [0, 0.1) is 5.92 Å². The summed E-state index contributed by atoms with van der Waals surface area (Å²) >= 11 is 0. The fourth-order valence-corrected chi connectivity index (χ4v) is 3.61. The average Bonchev–Trinajstić information content (AvgIpc) is 3.22. The Morgan fingerprint density at radius 2 is 1.89 bits per heavy atom. The first-order valence-electron chi connectivity index (χ1n) is 7.54. The minimum absolute atomic E-state index is 0.213. The lowest BCUT2D eigenvalue weighted by atomic mass is 9.83. The predicted octanol–water partition coefficient (Wildman–Crippen LogP) is 2.84. The van der Waals surface area contributed by atoms with Crippen LogP contribution in [-0.4, -0.2) is 19.8 Å². The van der Waals surface area contributed by atoms with E-state index in [2.05, 4.69) is 23.5 Å². The standard InChI is InChI=1S/C16H21NO2/c1-7-16(17-8-1,12-3-4-12)13-5-6-14-15(11-13)19-10-2-9-18-14/h5-6,11-12,17H,1-4,7-10H2. The summed E-state index contributed by atoms with van der Waals surface area (Å²) in [7, 11) is 0. The van der Waals surface area contributed by atoms with Crippen LogP contribution in [0.1, 0.15) is 37.7 Å². The predicted molar refractivity (Wildman–Crippen MR) is 73.7 cm³/mol. The second-order valence-corrected chi connectivity index (χ2v) is 5.99. The van der Waals surface area contributed by atoms with E-state index in [9.17, 15) is 0 Å². The molecule has 0 bridgehead atoms. The Hall–Kier alpha value is -1.22. The van der Waals surface area contributed by atoms with E-state index in [4.69, 9.17) is 9.47 Å². The minimum atomic E-state index is 0.213. The lowest BCUT2D eigenvalue weighted by molar-refractivity contribution is 0.296. The second kappa shape index (κ2) is 4.41. The third-order valence-corrected chi connectivity index (χ3v) is 4.73. The van der Waals surface area contributed by atoms with Crippen molar-refractivity contribution in [2.75, 3.05) is 19.8 Å². The van der Waals surface area contributed by atoms with Crippen molar-refractivity contribution < 1.29 is 9.47 Å². The molecule has 1 aliphatic carbocycles. The molecular formula is C16H21NO2. The van der Waals surface area contributed by atoms with Crippen molar-refractivity contribution in [1.82, 2.24) is 5.32 Å². The van der Waals surface area contributed by atoms with Crippen LogP contribution in [0.5, 0.6) is 11.5 Å². The van der Waals surface area contributed by atoms with Crippen LogP contribution in [0.2, 0.25) is 0 Å². The Labute approximate surface area is 114 Å². The van der Waals surface area contributed by atoms with E-state index in [-0.39, 0.29) is 5.54 Å². The normalized spacial score (nSPS) is 30.1. The number of fused-ring (bicyclic) bond motifs is 1. The minimum Gasteiger partial charge on any atom is -0.490 e. The molecule has 3 heteroatoms. The summed E-state index contributed by atoms with van der Waals surface area (Å²) in [6.07, 6.45) is 6.24. The maximum Gasteiger partial charge on any atom is 0.161 e. The first kappa shape index (κ1) is 11.6. The van der Waals surface area contributed by atoms with E-state index >= 15 is 0 Å². The molecule has 3 nitrogen and oxygen atoms in total. The van der Waals surface area contributed by atoms with Gasteiger partial charge in [0.15, 0.2) is 11.5 Å². The Morgan fingerprint density at radius 1 is 1.05 bits per heavy atom. The van der Waals surface area contributed by atoms with Gasteiger partial charge in [-0.25, -0.2) is 0 Å². The van der Waals surface area contributed by atoms with Crippen molar-refractivity contribution in [1.29, 1.82) is 0 Å². The van der Waals surface area contributed by atoms with E-state index < -0.39 is 0 Å². The molecule has 4 rings (SSSR count). The number of hydrogen-bond donors (Lipinski definition) is 1. The zero-order chi connectivity index (χ0) is 12.7. The fourth-order valence-electron chi connectivity index (χ4n) is 3.61. The molecule has 1 aromatic carbocycles. The van der Waals surface area contributed by atoms with Gasteiger partial charge in [-0.1, -0.05) is 6.07 Å². The molecule has 0 radical (unpaired) electrons.